The number of nitrogens with zero attached hydrogens (tertiary/aromatic N) is 1. The van der Waals surface area contributed by atoms with E-state index in [1.165, 1.54) is 16.4 Å². The topological polar surface area (TPSA) is 75.7 Å². The highest BCUT2D eigenvalue weighted by Crippen LogP contribution is 2.22. The van der Waals surface area contributed by atoms with Crippen molar-refractivity contribution in [3.63, 3.8) is 0 Å². The molecule has 7 heteroatoms. The average molecular weight is 368 g/mol. The number of carbonyl (C=O) groups excluding carboxylic acids is 1. The van der Waals surface area contributed by atoms with Gasteiger partial charge < -0.3 is 10.1 Å². The SMILES string of the molecule is CC(C)[C@@H](C)NC(=O)c1cccc(S(=O)(=O)N2C[C@H](C)O[C@@H](C)C2)c1. The van der Waals surface area contributed by atoms with Crippen LogP contribution in [0.4, 0.5) is 0 Å². The van der Waals surface area contributed by atoms with Gasteiger partial charge in [0.1, 0.15) is 0 Å². The van der Waals surface area contributed by atoms with Crippen molar-refractivity contribution in [2.24, 2.45) is 5.92 Å². The lowest BCUT2D eigenvalue weighted by Gasteiger charge is -2.34. The summed E-state index contributed by atoms with van der Waals surface area (Å²) in [5, 5.41) is 2.90. The Hall–Kier alpha value is -1.44. The van der Waals surface area contributed by atoms with Gasteiger partial charge in [0.25, 0.3) is 5.91 Å². The van der Waals surface area contributed by atoms with Crippen molar-refractivity contribution in [2.45, 2.75) is 57.8 Å². The highest BCUT2D eigenvalue weighted by molar-refractivity contribution is 7.89. The molecule has 1 amide bonds. The van der Waals surface area contributed by atoms with Gasteiger partial charge in [0, 0.05) is 24.7 Å². The first-order valence-corrected chi connectivity index (χ1v) is 10.1. The van der Waals surface area contributed by atoms with E-state index in [0.29, 0.717) is 24.6 Å². The molecule has 0 spiro atoms. The normalized spacial score (nSPS) is 23.4. The molecule has 25 heavy (non-hydrogen) atoms. The number of nitrogens with one attached hydrogen (secondary N) is 1. The summed E-state index contributed by atoms with van der Waals surface area (Å²) in [7, 11) is -3.66. The van der Waals surface area contributed by atoms with Crippen LogP contribution in [-0.4, -0.2) is 50.0 Å². The highest BCUT2D eigenvalue weighted by Gasteiger charge is 2.32. The van der Waals surface area contributed by atoms with Crippen molar-refractivity contribution < 1.29 is 17.9 Å². The number of amides is 1. The number of ether oxygens (including phenoxy) is 1. The Morgan fingerprint density at radius 3 is 2.36 bits per heavy atom. The predicted octanol–water partition coefficient (Wildman–Crippen LogP) is 2.26. The van der Waals surface area contributed by atoms with Crippen molar-refractivity contribution in [3.05, 3.63) is 29.8 Å². The van der Waals surface area contributed by atoms with Crippen LogP contribution < -0.4 is 5.32 Å². The van der Waals surface area contributed by atoms with Crippen LogP contribution in [-0.2, 0) is 14.8 Å². The highest BCUT2D eigenvalue weighted by atomic mass is 32.2. The number of sulfonamides is 1. The van der Waals surface area contributed by atoms with Crippen molar-refractivity contribution in [1.29, 1.82) is 0 Å². The minimum Gasteiger partial charge on any atom is -0.373 e. The van der Waals surface area contributed by atoms with Gasteiger partial charge in [-0.05, 0) is 44.9 Å². The minimum absolute atomic E-state index is 0.00806. The molecule has 1 aliphatic rings. The molecule has 0 radical (unpaired) electrons. The van der Waals surface area contributed by atoms with Crippen molar-refractivity contribution in [1.82, 2.24) is 9.62 Å². The summed E-state index contributed by atoms with van der Waals surface area (Å²) in [6.45, 7) is 10.3. The minimum atomic E-state index is -3.66. The summed E-state index contributed by atoms with van der Waals surface area (Å²) in [5.74, 6) is 0.0363. The van der Waals surface area contributed by atoms with Gasteiger partial charge in [-0.3, -0.25) is 4.79 Å². The van der Waals surface area contributed by atoms with Crippen LogP contribution in [0.25, 0.3) is 0 Å². The number of carbonyl (C=O) groups is 1. The van der Waals surface area contributed by atoms with E-state index in [1.807, 2.05) is 34.6 Å². The molecule has 1 saturated heterocycles. The van der Waals surface area contributed by atoms with Crippen LogP contribution >= 0.6 is 0 Å². The Morgan fingerprint density at radius 2 is 1.80 bits per heavy atom. The summed E-state index contributed by atoms with van der Waals surface area (Å²) in [4.78, 5) is 12.5. The van der Waals surface area contributed by atoms with Gasteiger partial charge >= 0.3 is 0 Å². The smallest absolute Gasteiger partial charge is 0.251 e. The molecule has 1 N–H and O–H groups in total. The molecule has 1 aromatic carbocycles. The fourth-order valence-electron chi connectivity index (χ4n) is 2.73. The molecule has 0 bridgehead atoms. The average Bonchev–Trinajstić information content (AvgIpc) is 2.53. The summed E-state index contributed by atoms with van der Waals surface area (Å²) in [6, 6.07) is 6.22. The van der Waals surface area contributed by atoms with Crippen LogP contribution in [0, 0.1) is 5.92 Å². The number of rotatable bonds is 5. The first kappa shape index (κ1) is 19.9. The quantitative estimate of drug-likeness (QED) is 0.865. The molecule has 2 rings (SSSR count). The van der Waals surface area contributed by atoms with Gasteiger partial charge in [0.15, 0.2) is 0 Å². The zero-order valence-electron chi connectivity index (χ0n) is 15.5. The molecular formula is C18H28N2O4S. The van der Waals surface area contributed by atoms with Gasteiger partial charge in [0.2, 0.25) is 10.0 Å². The summed E-state index contributed by atoms with van der Waals surface area (Å²) in [6.07, 6.45) is -0.311. The summed E-state index contributed by atoms with van der Waals surface area (Å²) < 4.78 is 32.9. The monoisotopic (exact) mass is 368 g/mol. The zero-order chi connectivity index (χ0) is 18.8. The van der Waals surface area contributed by atoms with E-state index in [4.69, 9.17) is 4.74 Å². The van der Waals surface area contributed by atoms with Crippen LogP contribution in [0.2, 0.25) is 0 Å². The second-order valence-corrected chi connectivity index (χ2v) is 9.05. The molecule has 3 atom stereocenters. The van der Waals surface area contributed by atoms with E-state index in [2.05, 4.69) is 5.32 Å². The van der Waals surface area contributed by atoms with Crippen LogP contribution in [0.5, 0.6) is 0 Å². The lowest BCUT2D eigenvalue weighted by Crippen LogP contribution is -2.48. The van der Waals surface area contributed by atoms with Crippen molar-refractivity contribution >= 4 is 15.9 Å². The second-order valence-electron chi connectivity index (χ2n) is 7.11. The van der Waals surface area contributed by atoms with E-state index < -0.39 is 10.0 Å². The zero-order valence-corrected chi connectivity index (χ0v) is 16.3. The Bertz CT molecular complexity index is 708. The predicted molar refractivity (Wildman–Crippen MR) is 97.0 cm³/mol. The van der Waals surface area contributed by atoms with Gasteiger partial charge in [-0.1, -0.05) is 19.9 Å². The first-order valence-electron chi connectivity index (χ1n) is 8.67. The van der Waals surface area contributed by atoms with E-state index >= 15 is 0 Å². The maximum absolute atomic E-state index is 12.9. The van der Waals surface area contributed by atoms with Crippen LogP contribution in [0.3, 0.4) is 0 Å². The lowest BCUT2D eigenvalue weighted by molar-refractivity contribution is -0.0440. The molecule has 0 unspecified atom stereocenters. The number of hydrogen-bond acceptors (Lipinski definition) is 4. The maximum Gasteiger partial charge on any atom is 0.251 e. The van der Waals surface area contributed by atoms with E-state index in [-0.39, 0.29) is 29.1 Å². The number of benzene rings is 1. The van der Waals surface area contributed by atoms with Crippen LogP contribution in [0.1, 0.15) is 45.0 Å². The molecule has 0 aliphatic carbocycles. The van der Waals surface area contributed by atoms with Gasteiger partial charge in [-0.2, -0.15) is 4.31 Å². The Balaban J connectivity index is 2.23. The van der Waals surface area contributed by atoms with Crippen LogP contribution in [0.15, 0.2) is 29.2 Å². The van der Waals surface area contributed by atoms with E-state index in [0.717, 1.165) is 0 Å². The molecule has 1 heterocycles. The van der Waals surface area contributed by atoms with Gasteiger partial charge in [-0.15, -0.1) is 0 Å². The Labute approximate surface area is 150 Å². The van der Waals surface area contributed by atoms with Crippen molar-refractivity contribution in [2.75, 3.05) is 13.1 Å². The third kappa shape index (κ3) is 4.80. The summed E-state index contributed by atoms with van der Waals surface area (Å²) >= 11 is 0. The largest absolute Gasteiger partial charge is 0.373 e. The Morgan fingerprint density at radius 1 is 1.20 bits per heavy atom. The standard InChI is InChI=1S/C18H28N2O4S/c1-12(2)15(5)19-18(21)16-7-6-8-17(9-16)25(22,23)20-10-13(3)24-14(4)11-20/h6-9,12-15H,10-11H2,1-5H3,(H,19,21)/t13-,14-,15+/m0/s1. The third-order valence-corrected chi connectivity index (χ3v) is 6.31. The first-order chi connectivity index (χ1) is 11.6. The fourth-order valence-corrected chi connectivity index (χ4v) is 4.37. The lowest BCUT2D eigenvalue weighted by atomic mass is 10.1. The Kier molecular flexibility index (Phi) is 6.24. The molecular weight excluding hydrogens is 340 g/mol. The third-order valence-electron chi connectivity index (χ3n) is 4.48. The van der Waals surface area contributed by atoms with E-state index in [9.17, 15) is 13.2 Å². The molecule has 1 aliphatic heterocycles. The molecule has 0 saturated carbocycles. The summed E-state index contributed by atoms with van der Waals surface area (Å²) in [5.41, 5.74) is 0.350. The maximum atomic E-state index is 12.9. The number of hydrogen-bond donors (Lipinski definition) is 1. The molecule has 0 aromatic heterocycles. The van der Waals surface area contributed by atoms with E-state index in [1.54, 1.807) is 12.1 Å². The number of morpholine rings is 1. The molecule has 1 fully saturated rings. The second kappa shape index (κ2) is 7.85. The van der Waals surface area contributed by atoms with Gasteiger partial charge in [0.05, 0.1) is 17.1 Å². The van der Waals surface area contributed by atoms with Gasteiger partial charge in [-0.25, -0.2) is 8.42 Å². The molecule has 140 valence electrons. The van der Waals surface area contributed by atoms with Crippen molar-refractivity contribution in [3.8, 4) is 0 Å². The molecule has 6 nitrogen and oxygen atoms in total. The molecule has 1 aromatic rings. The fraction of sp³-hybridized carbons (Fsp3) is 0.611.